The van der Waals surface area contributed by atoms with Crippen LogP contribution in [-0.2, 0) is 14.8 Å². The standard InChI is InChI=1S/C11H22ClNO3S/c1-10(2,3)9-17(14,15)13-11(8-12)4-6-16-7-5-11/h13H,4-9H2,1-3H3. The van der Waals surface area contributed by atoms with Crippen molar-refractivity contribution in [3.05, 3.63) is 0 Å². The Morgan fingerprint density at radius 2 is 1.82 bits per heavy atom. The smallest absolute Gasteiger partial charge is 0.212 e. The predicted molar refractivity (Wildman–Crippen MR) is 69.9 cm³/mol. The van der Waals surface area contributed by atoms with Crippen molar-refractivity contribution < 1.29 is 13.2 Å². The Balaban J connectivity index is 2.73. The molecule has 1 rings (SSSR count). The Morgan fingerprint density at radius 3 is 2.24 bits per heavy atom. The van der Waals surface area contributed by atoms with E-state index < -0.39 is 15.6 Å². The molecule has 0 saturated carbocycles. The number of halogens is 1. The molecule has 0 spiro atoms. The lowest BCUT2D eigenvalue weighted by Gasteiger charge is -2.36. The van der Waals surface area contributed by atoms with Crippen LogP contribution in [0.2, 0.25) is 0 Å². The van der Waals surface area contributed by atoms with Gasteiger partial charge in [-0.1, -0.05) is 20.8 Å². The fourth-order valence-electron chi connectivity index (χ4n) is 1.96. The van der Waals surface area contributed by atoms with Crippen LogP contribution in [0.3, 0.4) is 0 Å². The molecule has 0 atom stereocenters. The van der Waals surface area contributed by atoms with Crippen LogP contribution >= 0.6 is 11.6 Å². The van der Waals surface area contributed by atoms with Crippen molar-refractivity contribution in [2.45, 2.75) is 39.2 Å². The maximum absolute atomic E-state index is 12.1. The third-order valence-electron chi connectivity index (χ3n) is 2.70. The Kier molecular flexibility index (Phi) is 4.86. The molecular formula is C11H22ClNO3S. The van der Waals surface area contributed by atoms with Gasteiger partial charge in [-0.2, -0.15) is 0 Å². The zero-order valence-corrected chi connectivity index (χ0v) is 12.3. The third kappa shape index (κ3) is 5.12. The normalized spacial score (nSPS) is 21.4. The van der Waals surface area contributed by atoms with Crippen LogP contribution in [0.1, 0.15) is 33.6 Å². The molecule has 1 aliphatic heterocycles. The van der Waals surface area contributed by atoms with Crippen LogP contribution in [0.15, 0.2) is 0 Å². The zero-order chi connectivity index (χ0) is 13.2. The van der Waals surface area contributed by atoms with Crippen molar-refractivity contribution in [1.29, 1.82) is 0 Å². The van der Waals surface area contributed by atoms with E-state index >= 15 is 0 Å². The average molecular weight is 284 g/mol. The molecule has 0 aliphatic carbocycles. The molecule has 1 N–H and O–H groups in total. The molecule has 1 heterocycles. The van der Waals surface area contributed by atoms with Gasteiger partial charge < -0.3 is 4.74 Å². The lowest BCUT2D eigenvalue weighted by atomic mass is 9.94. The minimum atomic E-state index is -3.30. The number of rotatable bonds is 4. The summed E-state index contributed by atoms with van der Waals surface area (Å²) < 4.78 is 32.2. The first-order valence-electron chi connectivity index (χ1n) is 5.83. The fourth-order valence-corrected chi connectivity index (χ4v) is 4.52. The first-order valence-corrected chi connectivity index (χ1v) is 8.02. The van der Waals surface area contributed by atoms with Crippen LogP contribution in [0.4, 0.5) is 0 Å². The third-order valence-corrected chi connectivity index (χ3v) is 5.20. The summed E-state index contributed by atoms with van der Waals surface area (Å²) in [4.78, 5) is 0. The van der Waals surface area contributed by atoms with E-state index in [2.05, 4.69) is 4.72 Å². The topological polar surface area (TPSA) is 55.4 Å². The SMILES string of the molecule is CC(C)(C)CS(=O)(=O)NC1(CCl)CCOCC1. The van der Waals surface area contributed by atoms with Crippen LogP contribution < -0.4 is 4.72 Å². The van der Waals surface area contributed by atoms with E-state index in [0.29, 0.717) is 31.9 Å². The molecule has 0 radical (unpaired) electrons. The van der Waals surface area contributed by atoms with Crippen molar-refractivity contribution >= 4 is 21.6 Å². The second-order valence-electron chi connectivity index (χ2n) is 5.95. The highest BCUT2D eigenvalue weighted by atomic mass is 35.5. The maximum Gasteiger partial charge on any atom is 0.212 e. The van der Waals surface area contributed by atoms with Crippen molar-refractivity contribution in [2.75, 3.05) is 24.8 Å². The van der Waals surface area contributed by atoms with Crippen molar-refractivity contribution in [1.82, 2.24) is 4.72 Å². The molecule has 1 aliphatic rings. The second-order valence-corrected chi connectivity index (χ2v) is 7.94. The number of hydrogen-bond acceptors (Lipinski definition) is 3. The van der Waals surface area contributed by atoms with Gasteiger partial charge >= 0.3 is 0 Å². The van der Waals surface area contributed by atoms with Gasteiger partial charge in [-0.15, -0.1) is 11.6 Å². The fraction of sp³-hybridized carbons (Fsp3) is 1.00. The molecule has 0 unspecified atom stereocenters. The van der Waals surface area contributed by atoms with Crippen molar-refractivity contribution in [3.63, 3.8) is 0 Å². The number of nitrogens with one attached hydrogen (secondary N) is 1. The Morgan fingerprint density at radius 1 is 1.29 bits per heavy atom. The number of alkyl halides is 1. The first-order chi connectivity index (χ1) is 7.68. The molecule has 1 fully saturated rings. The van der Waals surface area contributed by atoms with Gasteiger partial charge in [0.05, 0.1) is 11.3 Å². The van der Waals surface area contributed by atoms with E-state index in [9.17, 15) is 8.42 Å². The highest BCUT2D eigenvalue weighted by Gasteiger charge is 2.36. The minimum absolute atomic E-state index is 0.111. The van der Waals surface area contributed by atoms with E-state index in [-0.39, 0.29) is 11.2 Å². The van der Waals surface area contributed by atoms with Gasteiger partial charge in [-0.05, 0) is 18.3 Å². The number of ether oxygens (including phenoxy) is 1. The molecule has 0 amide bonds. The van der Waals surface area contributed by atoms with Gasteiger partial charge in [0.2, 0.25) is 10.0 Å². The summed E-state index contributed by atoms with van der Waals surface area (Å²) in [6.45, 7) is 6.84. The highest BCUT2D eigenvalue weighted by molar-refractivity contribution is 7.89. The summed E-state index contributed by atoms with van der Waals surface area (Å²) in [7, 11) is -3.30. The van der Waals surface area contributed by atoms with Crippen molar-refractivity contribution in [2.24, 2.45) is 5.41 Å². The second kappa shape index (κ2) is 5.43. The zero-order valence-electron chi connectivity index (χ0n) is 10.8. The Hall–Kier alpha value is 0.160. The van der Waals surface area contributed by atoms with Gasteiger partial charge in [-0.3, -0.25) is 0 Å². The van der Waals surface area contributed by atoms with Gasteiger partial charge in [0.1, 0.15) is 0 Å². The summed E-state index contributed by atoms with van der Waals surface area (Å²) in [5.41, 5.74) is -0.783. The molecule has 0 aromatic rings. The summed E-state index contributed by atoms with van der Waals surface area (Å²) in [5.74, 6) is 0.402. The lowest BCUT2D eigenvalue weighted by molar-refractivity contribution is 0.0548. The van der Waals surface area contributed by atoms with Crippen LogP contribution in [0.25, 0.3) is 0 Å². The van der Waals surface area contributed by atoms with Gasteiger partial charge in [-0.25, -0.2) is 13.1 Å². The number of sulfonamides is 1. The van der Waals surface area contributed by atoms with E-state index in [0.717, 1.165) is 0 Å². The molecule has 102 valence electrons. The summed E-state index contributed by atoms with van der Waals surface area (Å²) in [6, 6.07) is 0. The summed E-state index contributed by atoms with van der Waals surface area (Å²) in [6.07, 6.45) is 1.28. The van der Waals surface area contributed by atoms with Crippen LogP contribution in [-0.4, -0.2) is 38.8 Å². The van der Waals surface area contributed by atoms with E-state index in [1.807, 2.05) is 20.8 Å². The molecule has 17 heavy (non-hydrogen) atoms. The maximum atomic E-state index is 12.1. The largest absolute Gasteiger partial charge is 0.381 e. The predicted octanol–water partition coefficient (Wildman–Crippen LogP) is 1.74. The molecule has 1 saturated heterocycles. The summed E-state index contributed by atoms with van der Waals surface area (Å²) >= 11 is 5.93. The monoisotopic (exact) mass is 283 g/mol. The summed E-state index contributed by atoms with van der Waals surface area (Å²) in [5, 5.41) is 0. The Bertz CT molecular complexity index is 342. The highest BCUT2D eigenvalue weighted by Crippen LogP contribution is 2.25. The molecule has 6 heteroatoms. The molecule has 0 bridgehead atoms. The quantitative estimate of drug-likeness (QED) is 0.800. The molecule has 0 aromatic carbocycles. The van der Waals surface area contributed by atoms with Crippen LogP contribution in [0, 0.1) is 5.41 Å². The molecule has 4 nitrogen and oxygen atoms in total. The van der Waals surface area contributed by atoms with Crippen molar-refractivity contribution in [3.8, 4) is 0 Å². The van der Waals surface area contributed by atoms with Gasteiger partial charge in [0.25, 0.3) is 0 Å². The van der Waals surface area contributed by atoms with Crippen LogP contribution in [0.5, 0.6) is 0 Å². The van der Waals surface area contributed by atoms with E-state index in [1.165, 1.54) is 0 Å². The minimum Gasteiger partial charge on any atom is -0.381 e. The van der Waals surface area contributed by atoms with Gasteiger partial charge in [0.15, 0.2) is 0 Å². The van der Waals surface area contributed by atoms with Gasteiger partial charge in [0, 0.05) is 19.1 Å². The van der Waals surface area contributed by atoms with E-state index in [4.69, 9.17) is 16.3 Å². The Labute approximate surface area is 109 Å². The first kappa shape index (κ1) is 15.2. The average Bonchev–Trinajstić information content (AvgIpc) is 2.14. The molecule has 0 aromatic heterocycles. The lowest BCUT2D eigenvalue weighted by Crippen LogP contribution is -2.54. The molecular weight excluding hydrogens is 262 g/mol. The number of hydrogen-bond donors (Lipinski definition) is 1. The van der Waals surface area contributed by atoms with E-state index in [1.54, 1.807) is 0 Å².